The van der Waals surface area contributed by atoms with Crippen LogP contribution >= 0.6 is 0 Å². The van der Waals surface area contributed by atoms with Gasteiger partial charge in [-0.05, 0) is 16.9 Å². The smallest absolute Gasteiger partial charge is 0.233 e. The molecule has 0 fully saturated rings. The fourth-order valence-electron chi connectivity index (χ4n) is 2.29. The van der Waals surface area contributed by atoms with Crippen molar-refractivity contribution in [2.75, 3.05) is 13.3 Å². The van der Waals surface area contributed by atoms with Gasteiger partial charge in [0.25, 0.3) is 0 Å². The molecule has 0 saturated carbocycles. The highest BCUT2D eigenvalue weighted by Gasteiger charge is 2.30. The van der Waals surface area contributed by atoms with E-state index in [-0.39, 0.29) is 0 Å². The predicted octanol–water partition coefficient (Wildman–Crippen LogP) is 1.50. The average molecular weight is 302 g/mol. The Bertz CT molecular complexity index is 521. The van der Waals surface area contributed by atoms with E-state index in [1.54, 1.807) is 0 Å². The molecule has 1 N–H and O–H groups in total. The summed E-state index contributed by atoms with van der Waals surface area (Å²) in [5, 5.41) is 2.80. The molecule has 2 atom stereocenters. The van der Waals surface area contributed by atoms with Gasteiger partial charge in [0.05, 0.1) is 0 Å². The topological polar surface area (TPSA) is 21.3 Å². The first-order valence-electron chi connectivity index (χ1n) is 7.05. The van der Waals surface area contributed by atoms with Gasteiger partial charge in [-0.3, -0.25) is 0 Å². The third-order valence-corrected chi connectivity index (χ3v) is 9.82. The van der Waals surface area contributed by atoms with Gasteiger partial charge in [0.15, 0.2) is 0 Å². The summed E-state index contributed by atoms with van der Waals surface area (Å²) < 4.78 is 5.91. The lowest BCUT2D eigenvalue weighted by atomic mass is 10.4. The van der Waals surface area contributed by atoms with Gasteiger partial charge in [-0.15, -0.1) is 0 Å². The van der Waals surface area contributed by atoms with Gasteiger partial charge in [0.2, 0.25) is 8.32 Å². The zero-order chi connectivity index (χ0) is 14.4. The third kappa shape index (κ3) is 3.67. The number of benzene rings is 2. The minimum atomic E-state index is -1.87. The van der Waals surface area contributed by atoms with Crippen LogP contribution in [0.5, 0.6) is 0 Å². The van der Waals surface area contributed by atoms with Crippen LogP contribution in [0.2, 0.25) is 13.1 Å². The van der Waals surface area contributed by atoms with E-state index in [1.165, 1.54) is 10.4 Å². The Balaban J connectivity index is 2.04. The average Bonchev–Trinajstić information content (AvgIpc) is 2.54. The van der Waals surface area contributed by atoms with Crippen molar-refractivity contribution in [3.05, 3.63) is 60.7 Å². The molecule has 2 rings (SSSR count). The van der Waals surface area contributed by atoms with E-state index in [1.807, 2.05) is 7.11 Å². The van der Waals surface area contributed by atoms with Gasteiger partial charge in [-0.2, -0.15) is 0 Å². The molecule has 2 unspecified atom stereocenters. The number of hydrogen-bond acceptors (Lipinski definition) is 2. The molecule has 2 nitrogen and oxygen atoms in total. The van der Waals surface area contributed by atoms with Crippen LogP contribution in [0.3, 0.4) is 0 Å². The Morgan fingerprint density at radius 2 is 1.55 bits per heavy atom. The van der Waals surface area contributed by atoms with Gasteiger partial charge < -0.3 is 9.41 Å². The van der Waals surface area contributed by atoms with Crippen molar-refractivity contribution >= 4 is 27.6 Å². The van der Waals surface area contributed by atoms with Gasteiger partial charge in [-0.1, -0.05) is 67.2 Å². The molecule has 0 aliphatic rings. The first-order chi connectivity index (χ1) is 9.65. The largest absolute Gasteiger partial charge is 0.415 e. The molecule has 0 amide bonds. The number of rotatable bonds is 6. The van der Waals surface area contributed by atoms with Crippen LogP contribution in [0.1, 0.15) is 0 Å². The predicted molar refractivity (Wildman–Crippen MR) is 91.8 cm³/mol. The lowest BCUT2D eigenvalue weighted by molar-refractivity contribution is 0.409. The first kappa shape index (κ1) is 15.2. The zero-order valence-electron chi connectivity index (χ0n) is 12.5. The van der Waals surface area contributed by atoms with Crippen LogP contribution in [0.25, 0.3) is 0 Å². The summed E-state index contributed by atoms with van der Waals surface area (Å²) in [5.74, 6) is 0. The Kier molecular flexibility index (Phi) is 5.31. The van der Waals surface area contributed by atoms with E-state index in [2.05, 4.69) is 78.7 Å². The molecule has 106 valence electrons. The highest BCUT2D eigenvalue weighted by molar-refractivity contribution is 6.86. The monoisotopic (exact) mass is 301 g/mol. The van der Waals surface area contributed by atoms with Crippen LogP contribution in [0, 0.1) is 0 Å². The summed E-state index contributed by atoms with van der Waals surface area (Å²) in [7, 11) is -1.12. The lowest BCUT2D eigenvalue weighted by Gasteiger charge is -2.28. The van der Waals surface area contributed by atoms with Crippen LogP contribution in [0.4, 0.5) is 0 Å². The molecule has 20 heavy (non-hydrogen) atoms. The van der Waals surface area contributed by atoms with Crippen LogP contribution < -0.4 is 15.4 Å². The van der Waals surface area contributed by atoms with Crippen molar-refractivity contribution in [2.45, 2.75) is 13.1 Å². The van der Waals surface area contributed by atoms with E-state index in [0.29, 0.717) is 0 Å². The molecule has 0 radical (unpaired) electrons. The Hall–Kier alpha value is -1.21. The molecule has 0 saturated heterocycles. The molecular weight excluding hydrogens is 278 g/mol. The summed E-state index contributed by atoms with van der Waals surface area (Å²) >= 11 is 0. The third-order valence-electron chi connectivity index (χ3n) is 3.88. The maximum absolute atomic E-state index is 5.91. The molecule has 0 heterocycles. The number of hydrogen-bond donors (Lipinski definition) is 1. The molecule has 0 aliphatic heterocycles. The van der Waals surface area contributed by atoms with Crippen molar-refractivity contribution < 1.29 is 4.43 Å². The second-order valence-electron chi connectivity index (χ2n) is 5.31. The minimum Gasteiger partial charge on any atom is -0.415 e. The molecule has 4 heteroatoms. The van der Waals surface area contributed by atoms with Crippen LogP contribution in [-0.4, -0.2) is 30.6 Å². The Labute approximate surface area is 124 Å². The van der Waals surface area contributed by atoms with Crippen LogP contribution in [0.15, 0.2) is 60.7 Å². The van der Waals surface area contributed by atoms with E-state index in [4.69, 9.17) is 4.43 Å². The van der Waals surface area contributed by atoms with E-state index >= 15 is 0 Å². The molecule has 2 aromatic rings. The van der Waals surface area contributed by atoms with Gasteiger partial charge in [-0.25, -0.2) is 0 Å². The molecule has 0 bridgehead atoms. The molecule has 0 aliphatic carbocycles. The van der Waals surface area contributed by atoms with Crippen molar-refractivity contribution in [1.29, 1.82) is 0 Å². The summed E-state index contributed by atoms with van der Waals surface area (Å²) in [6.45, 7) is 4.62. The van der Waals surface area contributed by atoms with Gasteiger partial charge in [0.1, 0.15) is 8.96 Å². The second kappa shape index (κ2) is 6.99. The Morgan fingerprint density at radius 1 is 1.00 bits per heavy atom. The summed E-state index contributed by atoms with van der Waals surface area (Å²) in [6.07, 6.45) is 0.968. The lowest BCUT2D eigenvalue weighted by Crippen LogP contribution is -2.59. The number of nitrogens with one attached hydrogen (secondary N) is 1. The van der Waals surface area contributed by atoms with E-state index < -0.39 is 17.3 Å². The SMILES string of the molecule is CO[Si](C)(CN[SiH](C)c1ccccc1)c1ccccc1. The maximum Gasteiger partial charge on any atom is 0.233 e. The highest BCUT2D eigenvalue weighted by Crippen LogP contribution is 2.03. The van der Waals surface area contributed by atoms with Crippen molar-refractivity contribution in [2.24, 2.45) is 0 Å². The minimum absolute atomic E-state index is 0.968. The van der Waals surface area contributed by atoms with Crippen molar-refractivity contribution in [1.82, 2.24) is 4.98 Å². The maximum atomic E-state index is 5.91. The Morgan fingerprint density at radius 3 is 2.10 bits per heavy atom. The first-order valence-corrected chi connectivity index (χ1v) is 12.0. The molecule has 0 spiro atoms. The second-order valence-corrected chi connectivity index (χ2v) is 11.6. The normalized spacial score (nSPS) is 15.6. The molecular formula is C16H23NOSi2. The summed E-state index contributed by atoms with van der Waals surface area (Å²) in [4.78, 5) is 3.76. The standard InChI is InChI=1S/C16H23NOSi2/c1-18-20(3,16-12-8-5-9-13-16)14-17-19(2)15-10-6-4-7-11-15/h4-13,17,19H,14H2,1-3H3. The van der Waals surface area contributed by atoms with Crippen molar-refractivity contribution in [3.63, 3.8) is 0 Å². The quantitative estimate of drug-likeness (QED) is 0.817. The molecule has 2 aromatic carbocycles. The summed E-state index contributed by atoms with van der Waals surface area (Å²) in [5.41, 5.74) is 0. The fraction of sp³-hybridized carbons (Fsp3) is 0.250. The van der Waals surface area contributed by atoms with Gasteiger partial charge in [0, 0.05) is 13.3 Å². The van der Waals surface area contributed by atoms with Gasteiger partial charge >= 0.3 is 0 Å². The van der Waals surface area contributed by atoms with E-state index in [0.717, 1.165) is 6.17 Å². The molecule has 0 aromatic heterocycles. The fourth-order valence-corrected chi connectivity index (χ4v) is 7.59. The van der Waals surface area contributed by atoms with E-state index in [9.17, 15) is 0 Å². The van der Waals surface area contributed by atoms with Crippen molar-refractivity contribution in [3.8, 4) is 0 Å². The zero-order valence-corrected chi connectivity index (χ0v) is 14.6. The highest BCUT2D eigenvalue weighted by atomic mass is 28.4. The summed E-state index contributed by atoms with van der Waals surface area (Å²) in [6, 6.07) is 21.4. The van der Waals surface area contributed by atoms with Crippen LogP contribution in [-0.2, 0) is 4.43 Å².